The summed E-state index contributed by atoms with van der Waals surface area (Å²) >= 11 is 0. The average molecular weight is 403 g/mol. The van der Waals surface area contributed by atoms with Gasteiger partial charge in [0.05, 0.1) is 5.69 Å². The molecule has 2 aromatic carbocycles. The molecule has 0 unspecified atom stereocenters. The van der Waals surface area contributed by atoms with Gasteiger partial charge in [-0.25, -0.2) is 0 Å². The van der Waals surface area contributed by atoms with Crippen molar-refractivity contribution in [1.29, 1.82) is 0 Å². The Morgan fingerprint density at radius 2 is 1.97 bits per heavy atom. The first-order chi connectivity index (χ1) is 14.6. The van der Waals surface area contributed by atoms with Crippen molar-refractivity contribution in [3.8, 4) is 22.8 Å². The van der Waals surface area contributed by atoms with Crippen molar-refractivity contribution in [1.82, 2.24) is 15.1 Å². The van der Waals surface area contributed by atoms with Crippen LogP contribution in [0.3, 0.4) is 0 Å². The highest BCUT2D eigenvalue weighted by Gasteiger charge is 2.34. The molecule has 6 heteroatoms. The van der Waals surface area contributed by atoms with Gasteiger partial charge in [-0.3, -0.25) is 9.89 Å². The van der Waals surface area contributed by atoms with E-state index in [0.717, 1.165) is 60.7 Å². The fourth-order valence-corrected chi connectivity index (χ4v) is 4.57. The summed E-state index contributed by atoms with van der Waals surface area (Å²) in [6.45, 7) is 4.12. The van der Waals surface area contributed by atoms with E-state index in [1.54, 1.807) is 6.20 Å². The van der Waals surface area contributed by atoms with Gasteiger partial charge in [-0.05, 0) is 66.1 Å². The van der Waals surface area contributed by atoms with Crippen LogP contribution in [-0.2, 0) is 6.42 Å². The van der Waals surface area contributed by atoms with Crippen molar-refractivity contribution in [3.05, 3.63) is 65.9 Å². The molecule has 0 saturated carbocycles. The number of aromatic nitrogens is 2. The summed E-state index contributed by atoms with van der Waals surface area (Å²) < 4.78 is 10.9. The number of fused-ring (bicyclic) bond motifs is 1. The predicted octanol–water partition coefficient (Wildman–Crippen LogP) is 4.29. The van der Waals surface area contributed by atoms with E-state index in [0.29, 0.717) is 0 Å². The first-order valence-corrected chi connectivity index (χ1v) is 10.4. The maximum Gasteiger partial charge on any atom is 0.253 e. The molecule has 3 heterocycles. The Morgan fingerprint density at radius 3 is 2.77 bits per heavy atom. The van der Waals surface area contributed by atoms with Crippen molar-refractivity contribution in [2.75, 3.05) is 19.9 Å². The quantitative estimate of drug-likeness (QED) is 0.706. The van der Waals surface area contributed by atoms with E-state index in [1.165, 1.54) is 5.56 Å². The zero-order valence-corrected chi connectivity index (χ0v) is 17.1. The molecular weight excluding hydrogens is 378 g/mol. The third-order valence-corrected chi connectivity index (χ3v) is 6.08. The Kier molecular flexibility index (Phi) is 4.69. The van der Waals surface area contributed by atoms with Gasteiger partial charge in [-0.2, -0.15) is 5.10 Å². The van der Waals surface area contributed by atoms with Crippen LogP contribution in [0.15, 0.2) is 54.7 Å². The van der Waals surface area contributed by atoms with Crippen molar-refractivity contribution in [2.45, 2.75) is 26.2 Å². The first-order valence-electron chi connectivity index (χ1n) is 10.4. The van der Waals surface area contributed by atoms with Crippen LogP contribution in [-0.4, -0.2) is 40.9 Å². The van der Waals surface area contributed by atoms with E-state index >= 15 is 0 Å². The molecule has 2 aliphatic rings. The Morgan fingerprint density at radius 1 is 1.13 bits per heavy atom. The standard InChI is InChI=1S/C24H25N3O3/c1-24(14-17-3-8-21-22(13-17)30-16-29-21)10-2-12-27(15-24)23(28)19-6-4-18(5-7-19)20-9-11-25-26-20/h3-9,11,13H,2,10,12,14-16H2,1H3,(H,25,26)/t24-/m0/s1. The van der Waals surface area contributed by atoms with E-state index in [-0.39, 0.29) is 18.1 Å². The molecular formula is C24H25N3O3. The predicted molar refractivity (Wildman–Crippen MR) is 114 cm³/mol. The number of ether oxygens (including phenoxy) is 2. The van der Waals surface area contributed by atoms with E-state index in [9.17, 15) is 4.79 Å². The Hall–Kier alpha value is -3.28. The van der Waals surface area contributed by atoms with Crippen LogP contribution in [0.1, 0.15) is 35.7 Å². The number of piperidine rings is 1. The lowest BCUT2D eigenvalue weighted by molar-refractivity contribution is 0.0550. The van der Waals surface area contributed by atoms with Crippen molar-refractivity contribution in [3.63, 3.8) is 0 Å². The number of H-pyrrole nitrogens is 1. The highest BCUT2D eigenvalue weighted by Crippen LogP contribution is 2.38. The summed E-state index contributed by atoms with van der Waals surface area (Å²) in [5.41, 5.74) is 3.96. The minimum atomic E-state index is 0.0392. The molecule has 30 heavy (non-hydrogen) atoms. The number of hydrogen-bond acceptors (Lipinski definition) is 4. The lowest BCUT2D eigenvalue weighted by atomic mass is 9.76. The molecule has 2 aliphatic heterocycles. The molecule has 0 bridgehead atoms. The van der Waals surface area contributed by atoms with Crippen LogP contribution in [0.4, 0.5) is 0 Å². The highest BCUT2D eigenvalue weighted by atomic mass is 16.7. The van der Waals surface area contributed by atoms with Crippen molar-refractivity contribution < 1.29 is 14.3 Å². The van der Waals surface area contributed by atoms with Crippen LogP contribution in [0.25, 0.3) is 11.3 Å². The highest BCUT2D eigenvalue weighted by molar-refractivity contribution is 5.94. The molecule has 1 N–H and O–H groups in total. The fraction of sp³-hybridized carbons (Fsp3) is 0.333. The number of nitrogens with one attached hydrogen (secondary N) is 1. The van der Waals surface area contributed by atoms with Crippen LogP contribution >= 0.6 is 0 Å². The molecule has 1 saturated heterocycles. The SMILES string of the molecule is C[C@@]1(Cc2ccc3c(c2)OCO3)CCCN(C(=O)c2ccc(-c3ccn[nH]3)cc2)C1. The lowest BCUT2D eigenvalue weighted by Crippen LogP contribution is -2.45. The summed E-state index contributed by atoms with van der Waals surface area (Å²) in [4.78, 5) is 15.2. The molecule has 3 aromatic rings. The van der Waals surface area contributed by atoms with Gasteiger partial charge in [0.25, 0.3) is 5.91 Å². The molecule has 1 aromatic heterocycles. The number of benzene rings is 2. The molecule has 0 spiro atoms. The number of amides is 1. The second-order valence-electron chi connectivity index (χ2n) is 8.55. The van der Waals surface area contributed by atoms with E-state index in [2.05, 4.69) is 29.3 Å². The van der Waals surface area contributed by atoms with E-state index in [4.69, 9.17) is 9.47 Å². The second-order valence-corrected chi connectivity index (χ2v) is 8.55. The van der Waals surface area contributed by atoms with Crippen molar-refractivity contribution >= 4 is 5.91 Å². The maximum absolute atomic E-state index is 13.2. The number of rotatable bonds is 4. The van der Waals surface area contributed by atoms with Gasteiger partial charge in [0.2, 0.25) is 6.79 Å². The third-order valence-electron chi connectivity index (χ3n) is 6.08. The molecule has 1 fully saturated rings. The van der Waals surface area contributed by atoms with Crippen molar-refractivity contribution in [2.24, 2.45) is 5.41 Å². The molecule has 5 rings (SSSR count). The summed E-state index contributed by atoms with van der Waals surface area (Å²) in [6, 6.07) is 15.8. The van der Waals surface area contributed by atoms with Gasteiger partial charge in [0.1, 0.15) is 0 Å². The third kappa shape index (κ3) is 3.65. The molecule has 1 atom stereocenters. The number of carbonyl (C=O) groups is 1. The molecule has 0 radical (unpaired) electrons. The first kappa shape index (κ1) is 18.7. The Labute approximate surface area is 175 Å². The summed E-state index contributed by atoms with van der Waals surface area (Å²) in [5.74, 6) is 1.72. The Bertz CT molecular complexity index is 1050. The smallest absolute Gasteiger partial charge is 0.253 e. The minimum absolute atomic E-state index is 0.0392. The zero-order chi connectivity index (χ0) is 20.6. The van der Waals surface area contributed by atoms with Gasteiger partial charge >= 0.3 is 0 Å². The number of likely N-dealkylation sites (tertiary alicyclic amines) is 1. The van der Waals surface area contributed by atoms with Gasteiger partial charge in [-0.1, -0.05) is 25.1 Å². The van der Waals surface area contributed by atoms with Gasteiger partial charge in [0, 0.05) is 24.8 Å². The lowest BCUT2D eigenvalue weighted by Gasteiger charge is -2.41. The molecule has 1 amide bonds. The monoisotopic (exact) mass is 403 g/mol. The van der Waals surface area contributed by atoms with Gasteiger partial charge in [-0.15, -0.1) is 0 Å². The van der Waals surface area contributed by atoms with Crippen LogP contribution in [0.2, 0.25) is 0 Å². The largest absolute Gasteiger partial charge is 0.454 e. The summed E-state index contributed by atoms with van der Waals surface area (Å²) in [5, 5.41) is 6.94. The van der Waals surface area contributed by atoms with E-state index < -0.39 is 0 Å². The van der Waals surface area contributed by atoms with Gasteiger partial charge in [0.15, 0.2) is 11.5 Å². The topological polar surface area (TPSA) is 67.5 Å². The number of nitrogens with zero attached hydrogens (tertiary/aromatic N) is 2. The zero-order valence-electron chi connectivity index (χ0n) is 17.1. The van der Waals surface area contributed by atoms with Crippen LogP contribution in [0, 0.1) is 5.41 Å². The fourth-order valence-electron chi connectivity index (χ4n) is 4.57. The Balaban J connectivity index is 1.29. The van der Waals surface area contributed by atoms with Crippen LogP contribution in [0.5, 0.6) is 11.5 Å². The van der Waals surface area contributed by atoms with E-state index in [1.807, 2.05) is 41.3 Å². The molecule has 154 valence electrons. The summed E-state index contributed by atoms with van der Waals surface area (Å²) in [6.07, 6.45) is 4.75. The minimum Gasteiger partial charge on any atom is -0.454 e. The number of aromatic amines is 1. The van der Waals surface area contributed by atoms with Crippen LogP contribution < -0.4 is 9.47 Å². The number of carbonyl (C=O) groups excluding carboxylic acids is 1. The average Bonchev–Trinajstić information content (AvgIpc) is 3.45. The molecule has 6 nitrogen and oxygen atoms in total. The second kappa shape index (κ2) is 7.52. The van der Waals surface area contributed by atoms with Gasteiger partial charge < -0.3 is 14.4 Å². The molecule has 0 aliphatic carbocycles. The normalized spacial score (nSPS) is 20.4. The maximum atomic E-state index is 13.2. The number of hydrogen-bond donors (Lipinski definition) is 1. The summed E-state index contributed by atoms with van der Waals surface area (Å²) in [7, 11) is 0.